The number of nitrogens with one attached hydrogen (secondary N) is 2. The molecule has 0 bridgehead atoms. The fraction of sp³-hybridized carbons (Fsp3) is 0.882. The van der Waals surface area contributed by atoms with Gasteiger partial charge in [-0.3, -0.25) is 4.79 Å². The fourth-order valence-electron chi connectivity index (χ4n) is 2.88. The van der Waals surface area contributed by atoms with Gasteiger partial charge in [-0.15, -0.1) is 0 Å². The lowest BCUT2D eigenvalue weighted by Crippen LogP contribution is -2.43. The molecule has 2 aliphatic rings. The monoisotopic (exact) mass is 340 g/mol. The van der Waals surface area contributed by atoms with Crippen molar-refractivity contribution in [1.29, 1.82) is 0 Å². The molecule has 0 spiro atoms. The number of aliphatic imine (C=N–C) groups is 1. The average molecular weight is 340 g/mol. The molecule has 2 N–H and O–H groups in total. The van der Waals surface area contributed by atoms with Crippen LogP contribution in [-0.4, -0.2) is 75.9 Å². The van der Waals surface area contributed by atoms with Crippen molar-refractivity contribution in [3.8, 4) is 0 Å². The number of amides is 1. The molecule has 0 radical (unpaired) electrons. The zero-order chi connectivity index (χ0) is 17.2. The molecule has 1 amide bonds. The summed E-state index contributed by atoms with van der Waals surface area (Å²) in [7, 11) is 3.50. The van der Waals surface area contributed by atoms with Crippen LogP contribution < -0.4 is 10.6 Å². The molecule has 7 heteroatoms. The Hall–Kier alpha value is -1.34. The Bertz CT molecular complexity index is 403. The van der Waals surface area contributed by atoms with Crippen LogP contribution >= 0.6 is 0 Å². The number of guanidine groups is 1. The van der Waals surface area contributed by atoms with Gasteiger partial charge in [-0.1, -0.05) is 12.8 Å². The maximum absolute atomic E-state index is 11.7. The highest BCUT2D eigenvalue weighted by atomic mass is 16.5. The predicted molar refractivity (Wildman–Crippen MR) is 94.2 cm³/mol. The smallest absolute Gasteiger partial charge is 0.243 e. The first-order valence-corrected chi connectivity index (χ1v) is 9.09. The van der Waals surface area contributed by atoms with Crippen LogP contribution in [0.2, 0.25) is 0 Å². The van der Waals surface area contributed by atoms with Crippen LogP contribution in [0.5, 0.6) is 0 Å². The van der Waals surface area contributed by atoms with E-state index < -0.39 is 0 Å². The van der Waals surface area contributed by atoms with E-state index in [4.69, 9.17) is 9.47 Å². The lowest BCUT2D eigenvalue weighted by atomic mass is 10.2. The number of carbonyl (C=O) groups is 1. The van der Waals surface area contributed by atoms with Crippen LogP contribution in [0.3, 0.4) is 0 Å². The van der Waals surface area contributed by atoms with E-state index in [-0.39, 0.29) is 18.6 Å². The summed E-state index contributed by atoms with van der Waals surface area (Å²) in [6, 6.07) is 0.470. The van der Waals surface area contributed by atoms with Crippen molar-refractivity contribution in [2.75, 3.05) is 47.0 Å². The minimum atomic E-state index is 0.00656. The SMILES string of the molecule is CN(C)C(=O)CN=C(NCCCOC1CCOC1)NC1CCCC1. The molecule has 1 unspecified atom stereocenters. The molecular formula is C17H32N4O3. The number of rotatable bonds is 8. The number of nitrogens with zero attached hydrogens (tertiary/aromatic N) is 2. The molecule has 7 nitrogen and oxygen atoms in total. The van der Waals surface area contributed by atoms with E-state index >= 15 is 0 Å². The van der Waals surface area contributed by atoms with Crippen LogP contribution in [0.15, 0.2) is 4.99 Å². The molecule has 0 aromatic carbocycles. The Balaban J connectivity index is 1.69. The van der Waals surface area contributed by atoms with E-state index in [0.717, 1.165) is 38.6 Å². The molecule has 1 saturated carbocycles. The van der Waals surface area contributed by atoms with Crippen molar-refractivity contribution in [1.82, 2.24) is 15.5 Å². The van der Waals surface area contributed by atoms with Gasteiger partial charge in [0.1, 0.15) is 6.54 Å². The van der Waals surface area contributed by atoms with Crippen molar-refractivity contribution in [2.45, 2.75) is 50.7 Å². The molecule has 1 heterocycles. The number of carbonyl (C=O) groups excluding carboxylic acids is 1. The van der Waals surface area contributed by atoms with Crippen molar-refractivity contribution in [3.63, 3.8) is 0 Å². The molecule has 1 aliphatic heterocycles. The van der Waals surface area contributed by atoms with E-state index in [0.29, 0.717) is 12.6 Å². The Morgan fingerprint density at radius 1 is 1.29 bits per heavy atom. The third-order valence-electron chi connectivity index (χ3n) is 4.42. The Labute approximate surface area is 145 Å². The number of ether oxygens (including phenoxy) is 2. The topological polar surface area (TPSA) is 75.2 Å². The van der Waals surface area contributed by atoms with Gasteiger partial charge in [-0.2, -0.15) is 0 Å². The summed E-state index contributed by atoms with van der Waals surface area (Å²) >= 11 is 0. The summed E-state index contributed by atoms with van der Waals surface area (Å²) in [4.78, 5) is 17.7. The number of hydrogen-bond acceptors (Lipinski definition) is 4. The van der Waals surface area contributed by atoms with Gasteiger partial charge in [-0.05, 0) is 25.7 Å². The van der Waals surface area contributed by atoms with Gasteiger partial charge < -0.3 is 25.0 Å². The number of hydrogen-bond donors (Lipinski definition) is 2. The molecular weight excluding hydrogens is 308 g/mol. The fourth-order valence-corrected chi connectivity index (χ4v) is 2.88. The summed E-state index contributed by atoms with van der Waals surface area (Å²) in [5.74, 6) is 0.744. The lowest BCUT2D eigenvalue weighted by molar-refractivity contribution is -0.127. The lowest BCUT2D eigenvalue weighted by Gasteiger charge is -2.18. The molecule has 1 aliphatic carbocycles. The average Bonchev–Trinajstić information content (AvgIpc) is 3.25. The van der Waals surface area contributed by atoms with Crippen molar-refractivity contribution in [2.24, 2.45) is 4.99 Å². The largest absolute Gasteiger partial charge is 0.379 e. The van der Waals surface area contributed by atoms with E-state index in [2.05, 4.69) is 15.6 Å². The summed E-state index contributed by atoms with van der Waals surface area (Å²) in [6.07, 6.45) is 7.03. The molecule has 0 aromatic rings. The predicted octanol–water partition coefficient (Wildman–Crippen LogP) is 0.748. The third kappa shape index (κ3) is 7.05. The third-order valence-corrected chi connectivity index (χ3v) is 4.42. The van der Waals surface area contributed by atoms with E-state index in [1.165, 1.54) is 25.7 Å². The maximum atomic E-state index is 11.7. The molecule has 138 valence electrons. The quantitative estimate of drug-likeness (QED) is 0.387. The minimum Gasteiger partial charge on any atom is -0.379 e. The van der Waals surface area contributed by atoms with Gasteiger partial charge in [0.15, 0.2) is 5.96 Å². The van der Waals surface area contributed by atoms with Gasteiger partial charge in [0.2, 0.25) is 5.91 Å². The van der Waals surface area contributed by atoms with Crippen LogP contribution in [-0.2, 0) is 14.3 Å². The van der Waals surface area contributed by atoms with E-state index in [1.807, 2.05) is 0 Å². The summed E-state index contributed by atoms with van der Waals surface area (Å²) in [5, 5.41) is 6.77. The number of likely N-dealkylation sites (N-methyl/N-ethyl adjacent to an activating group) is 1. The Morgan fingerprint density at radius 2 is 2.08 bits per heavy atom. The molecule has 1 atom stereocenters. The first-order chi connectivity index (χ1) is 11.6. The normalized spacial score (nSPS) is 21.9. The Morgan fingerprint density at radius 3 is 2.75 bits per heavy atom. The van der Waals surface area contributed by atoms with Gasteiger partial charge in [0.05, 0.1) is 12.7 Å². The highest BCUT2D eigenvalue weighted by molar-refractivity contribution is 5.84. The summed E-state index contributed by atoms with van der Waals surface area (Å²) in [6.45, 7) is 3.20. The van der Waals surface area contributed by atoms with Crippen LogP contribution in [0, 0.1) is 0 Å². The van der Waals surface area contributed by atoms with Gasteiger partial charge in [0, 0.05) is 39.9 Å². The summed E-state index contributed by atoms with van der Waals surface area (Å²) < 4.78 is 11.1. The van der Waals surface area contributed by atoms with Gasteiger partial charge in [-0.25, -0.2) is 4.99 Å². The van der Waals surface area contributed by atoms with E-state index in [1.54, 1.807) is 19.0 Å². The summed E-state index contributed by atoms with van der Waals surface area (Å²) in [5.41, 5.74) is 0. The standard InChI is InChI=1S/C17H32N4O3/c1-21(2)16(22)12-19-17(20-14-6-3-4-7-14)18-9-5-10-24-15-8-11-23-13-15/h14-15H,3-13H2,1-2H3,(H2,18,19,20). The molecule has 2 fully saturated rings. The van der Waals surface area contributed by atoms with Crippen LogP contribution in [0.25, 0.3) is 0 Å². The first-order valence-electron chi connectivity index (χ1n) is 9.09. The minimum absolute atomic E-state index is 0.00656. The maximum Gasteiger partial charge on any atom is 0.243 e. The van der Waals surface area contributed by atoms with Gasteiger partial charge in [0.25, 0.3) is 0 Å². The molecule has 24 heavy (non-hydrogen) atoms. The molecule has 1 saturated heterocycles. The second-order valence-electron chi connectivity index (χ2n) is 6.72. The van der Waals surface area contributed by atoms with Crippen LogP contribution in [0.1, 0.15) is 38.5 Å². The van der Waals surface area contributed by atoms with Crippen molar-refractivity contribution >= 4 is 11.9 Å². The molecule has 2 rings (SSSR count). The zero-order valence-electron chi connectivity index (χ0n) is 15.1. The van der Waals surface area contributed by atoms with Crippen LogP contribution in [0.4, 0.5) is 0 Å². The van der Waals surface area contributed by atoms with Crippen molar-refractivity contribution in [3.05, 3.63) is 0 Å². The van der Waals surface area contributed by atoms with Crippen molar-refractivity contribution < 1.29 is 14.3 Å². The highest BCUT2D eigenvalue weighted by Crippen LogP contribution is 2.17. The molecule has 0 aromatic heterocycles. The van der Waals surface area contributed by atoms with Gasteiger partial charge >= 0.3 is 0 Å². The van der Waals surface area contributed by atoms with E-state index in [9.17, 15) is 4.79 Å². The first kappa shape index (κ1) is 19.0. The highest BCUT2D eigenvalue weighted by Gasteiger charge is 2.17. The Kier molecular flexibility index (Phi) is 8.32. The zero-order valence-corrected chi connectivity index (χ0v) is 15.1. The second kappa shape index (κ2) is 10.5. The second-order valence-corrected chi connectivity index (χ2v) is 6.72.